The van der Waals surface area contributed by atoms with Crippen LogP contribution in [0.1, 0.15) is 42.8 Å². The second-order valence-corrected chi connectivity index (χ2v) is 7.95. The van der Waals surface area contributed by atoms with E-state index in [-0.39, 0.29) is 17.9 Å². The molecule has 0 radical (unpaired) electrons. The van der Waals surface area contributed by atoms with Gasteiger partial charge in [0.2, 0.25) is 11.7 Å². The Morgan fingerprint density at radius 1 is 1.16 bits per heavy atom. The van der Waals surface area contributed by atoms with Crippen molar-refractivity contribution in [3.05, 3.63) is 71.5 Å². The predicted molar refractivity (Wildman–Crippen MR) is 115 cm³/mol. The number of rotatable bonds is 8. The summed E-state index contributed by atoms with van der Waals surface area (Å²) < 4.78 is 7.49. The molecule has 1 saturated heterocycles. The van der Waals surface area contributed by atoms with Crippen LogP contribution >= 0.6 is 0 Å². The van der Waals surface area contributed by atoms with E-state index < -0.39 is 0 Å². The minimum Gasteiger partial charge on any atom is -0.494 e. The Balaban J connectivity index is 1.65. The second-order valence-electron chi connectivity index (χ2n) is 7.95. The van der Waals surface area contributed by atoms with Crippen LogP contribution in [0.4, 0.5) is 0 Å². The fourth-order valence-electron chi connectivity index (χ4n) is 4.34. The number of hydrogen-bond acceptors (Lipinski definition) is 5. The molecule has 3 aromatic rings. The molecule has 2 heterocycles. The summed E-state index contributed by atoms with van der Waals surface area (Å²) in [5.41, 5.74) is 7.82. The Morgan fingerprint density at radius 2 is 1.87 bits per heavy atom. The average molecular weight is 422 g/mol. The number of amides is 1. The molecule has 8 heteroatoms. The van der Waals surface area contributed by atoms with Gasteiger partial charge in [-0.3, -0.25) is 4.79 Å². The molecule has 1 amide bonds. The van der Waals surface area contributed by atoms with Gasteiger partial charge in [0.05, 0.1) is 26.2 Å². The van der Waals surface area contributed by atoms with Crippen LogP contribution in [-0.2, 0) is 11.3 Å². The molecule has 3 N–H and O–H groups in total. The lowest BCUT2D eigenvalue weighted by molar-refractivity contribution is -0.931. The molecular formula is C23H29N6O2+. The number of quaternary nitrogens is 1. The molecule has 1 aromatic heterocycles. The standard InChI is InChI=1S/C23H28N6O2/c1-2-31-20-10-8-18(9-11-20)21(28-14-12-19(13-15-28)22(24)30)23-25-26-27-29(23)16-17-6-4-3-5-7-17/h3-11,19,21H,2,12-16H2,1H3,(H2,24,30)/p+1/t21-/m0/s1. The molecule has 8 nitrogen and oxygen atoms in total. The quantitative estimate of drug-likeness (QED) is 0.565. The van der Waals surface area contributed by atoms with E-state index >= 15 is 0 Å². The number of ether oxygens (including phenoxy) is 1. The number of hydrogen-bond donors (Lipinski definition) is 2. The van der Waals surface area contributed by atoms with E-state index in [9.17, 15) is 4.79 Å². The number of aromatic nitrogens is 4. The largest absolute Gasteiger partial charge is 0.494 e. The summed E-state index contributed by atoms with van der Waals surface area (Å²) in [7, 11) is 0. The van der Waals surface area contributed by atoms with Crippen LogP contribution in [0.3, 0.4) is 0 Å². The van der Waals surface area contributed by atoms with E-state index in [0.29, 0.717) is 13.2 Å². The Morgan fingerprint density at radius 3 is 2.52 bits per heavy atom. The number of carbonyl (C=O) groups is 1. The van der Waals surface area contributed by atoms with Crippen molar-refractivity contribution < 1.29 is 14.4 Å². The van der Waals surface area contributed by atoms with Crippen LogP contribution in [0.15, 0.2) is 54.6 Å². The van der Waals surface area contributed by atoms with E-state index in [1.165, 1.54) is 4.90 Å². The number of primary amides is 1. The van der Waals surface area contributed by atoms with Crippen molar-refractivity contribution in [2.45, 2.75) is 32.4 Å². The molecule has 1 aliphatic rings. The smallest absolute Gasteiger partial charge is 0.220 e. The third-order valence-corrected chi connectivity index (χ3v) is 5.96. The number of nitrogens with one attached hydrogen (secondary N) is 1. The van der Waals surface area contributed by atoms with Gasteiger partial charge in [0.1, 0.15) is 5.75 Å². The van der Waals surface area contributed by atoms with Gasteiger partial charge in [-0.15, -0.1) is 5.10 Å². The van der Waals surface area contributed by atoms with Crippen LogP contribution in [0.25, 0.3) is 0 Å². The number of tetrazole rings is 1. The fourth-order valence-corrected chi connectivity index (χ4v) is 4.34. The summed E-state index contributed by atoms with van der Waals surface area (Å²) in [5.74, 6) is 1.41. The number of carbonyl (C=O) groups excluding carboxylic acids is 1. The highest BCUT2D eigenvalue weighted by Gasteiger charge is 2.36. The highest BCUT2D eigenvalue weighted by atomic mass is 16.5. The topological polar surface area (TPSA) is 100 Å². The monoisotopic (exact) mass is 421 g/mol. The number of benzene rings is 2. The van der Waals surface area contributed by atoms with Crippen LogP contribution in [-0.4, -0.2) is 45.8 Å². The van der Waals surface area contributed by atoms with Crippen LogP contribution in [0.2, 0.25) is 0 Å². The van der Waals surface area contributed by atoms with Crippen LogP contribution < -0.4 is 15.4 Å². The lowest BCUT2D eigenvalue weighted by Crippen LogP contribution is -3.13. The van der Waals surface area contributed by atoms with E-state index in [0.717, 1.165) is 48.6 Å². The molecule has 2 aromatic carbocycles. The van der Waals surface area contributed by atoms with E-state index in [4.69, 9.17) is 10.5 Å². The van der Waals surface area contributed by atoms with Crippen LogP contribution in [0.5, 0.6) is 5.75 Å². The maximum atomic E-state index is 11.6. The van der Waals surface area contributed by atoms with Crippen molar-refractivity contribution in [1.82, 2.24) is 20.2 Å². The molecule has 162 valence electrons. The van der Waals surface area contributed by atoms with Gasteiger partial charge in [-0.1, -0.05) is 30.3 Å². The minimum atomic E-state index is -0.203. The summed E-state index contributed by atoms with van der Waals surface area (Å²) in [4.78, 5) is 13.0. The summed E-state index contributed by atoms with van der Waals surface area (Å²) in [6.45, 7) is 4.88. The number of nitrogens with zero attached hydrogens (tertiary/aromatic N) is 4. The Hall–Kier alpha value is -3.26. The summed E-state index contributed by atoms with van der Waals surface area (Å²) in [6.07, 6.45) is 1.55. The Bertz CT molecular complexity index is 981. The van der Waals surface area contributed by atoms with Gasteiger partial charge >= 0.3 is 0 Å². The van der Waals surface area contributed by atoms with Crippen molar-refractivity contribution >= 4 is 5.91 Å². The van der Waals surface area contributed by atoms with Crippen molar-refractivity contribution in [3.8, 4) is 5.75 Å². The van der Waals surface area contributed by atoms with Crippen molar-refractivity contribution in [3.63, 3.8) is 0 Å². The lowest BCUT2D eigenvalue weighted by atomic mass is 9.93. The van der Waals surface area contributed by atoms with Crippen molar-refractivity contribution in [2.75, 3.05) is 19.7 Å². The molecule has 31 heavy (non-hydrogen) atoms. The molecule has 4 rings (SSSR count). The van der Waals surface area contributed by atoms with Gasteiger partial charge < -0.3 is 15.4 Å². The molecule has 1 aliphatic heterocycles. The lowest BCUT2D eigenvalue weighted by Gasteiger charge is -2.33. The molecule has 0 saturated carbocycles. The van der Waals surface area contributed by atoms with Crippen molar-refractivity contribution in [1.29, 1.82) is 0 Å². The third kappa shape index (κ3) is 4.91. The zero-order chi connectivity index (χ0) is 21.6. The van der Waals surface area contributed by atoms with Gasteiger partial charge in [-0.25, -0.2) is 4.68 Å². The maximum absolute atomic E-state index is 11.6. The highest BCUT2D eigenvalue weighted by Crippen LogP contribution is 2.22. The van der Waals surface area contributed by atoms with Gasteiger partial charge in [-0.05, 0) is 47.2 Å². The number of likely N-dealkylation sites (tertiary alicyclic amines) is 1. The first kappa shape index (κ1) is 21.0. The molecule has 0 aliphatic carbocycles. The zero-order valence-corrected chi connectivity index (χ0v) is 17.8. The van der Waals surface area contributed by atoms with Crippen molar-refractivity contribution in [2.24, 2.45) is 11.7 Å². The summed E-state index contributed by atoms with van der Waals surface area (Å²) in [6, 6.07) is 18.3. The molecule has 0 unspecified atom stereocenters. The van der Waals surface area contributed by atoms with Gasteiger partial charge in [0.15, 0.2) is 6.04 Å². The van der Waals surface area contributed by atoms with Gasteiger partial charge in [-0.2, -0.15) is 0 Å². The van der Waals surface area contributed by atoms with Crippen LogP contribution in [0, 0.1) is 5.92 Å². The second kappa shape index (κ2) is 9.70. The first-order chi connectivity index (χ1) is 15.2. The van der Waals surface area contributed by atoms with Gasteiger partial charge in [0.25, 0.3) is 0 Å². The normalized spacial score (nSPS) is 19.6. The Kier molecular flexibility index (Phi) is 6.57. The molecule has 0 bridgehead atoms. The number of nitrogens with two attached hydrogens (primary N) is 1. The van der Waals surface area contributed by atoms with E-state index in [1.54, 1.807) is 0 Å². The molecule has 1 atom stereocenters. The fraction of sp³-hybridized carbons (Fsp3) is 0.391. The highest BCUT2D eigenvalue weighted by molar-refractivity contribution is 5.76. The summed E-state index contributed by atoms with van der Waals surface area (Å²) >= 11 is 0. The van der Waals surface area contributed by atoms with Gasteiger partial charge in [0, 0.05) is 24.3 Å². The number of piperidine rings is 1. The SMILES string of the molecule is CCOc1ccc([C@@H](c2nnnn2Cc2ccccc2)[NH+]2CCC(C(N)=O)CC2)cc1. The van der Waals surface area contributed by atoms with E-state index in [2.05, 4.69) is 39.8 Å². The zero-order valence-electron chi connectivity index (χ0n) is 17.8. The van der Waals surface area contributed by atoms with E-state index in [1.807, 2.05) is 41.9 Å². The average Bonchev–Trinajstić information content (AvgIpc) is 3.24. The molecular weight excluding hydrogens is 392 g/mol. The molecule has 1 fully saturated rings. The first-order valence-corrected chi connectivity index (χ1v) is 10.8. The third-order valence-electron chi connectivity index (χ3n) is 5.96. The first-order valence-electron chi connectivity index (χ1n) is 10.8. The Labute approximate surface area is 182 Å². The maximum Gasteiger partial charge on any atom is 0.220 e. The molecule has 0 spiro atoms. The minimum absolute atomic E-state index is 0.0387. The summed E-state index contributed by atoms with van der Waals surface area (Å²) in [5, 5.41) is 12.7. The predicted octanol–water partition coefficient (Wildman–Crippen LogP) is 0.990.